The van der Waals surface area contributed by atoms with Crippen molar-refractivity contribution in [3.05, 3.63) is 67.1 Å². The van der Waals surface area contributed by atoms with Crippen LogP contribution >= 0.6 is 34.4 Å². The van der Waals surface area contributed by atoms with E-state index in [1.807, 2.05) is 22.9 Å². The molecular weight excluding hydrogens is 456 g/mol. The number of nitro groups is 1. The predicted octanol–water partition coefficient (Wildman–Crippen LogP) is 4.67. The normalized spacial score (nSPS) is 11.0. The van der Waals surface area contributed by atoms with Crippen molar-refractivity contribution in [1.29, 1.82) is 0 Å². The molecular formula is C20H16N4O4S3. The molecule has 11 heteroatoms. The number of fused-ring (bicyclic) bond motifs is 1. The van der Waals surface area contributed by atoms with E-state index in [4.69, 9.17) is 0 Å². The molecule has 1 aromatic carbocycles. The Morgan fingerprint density at radius 3 is 2.81 bits per heavy atom. The summed E-state index contributed by atoms with van der Waals surface area (Å²) < 4.78 is 1.45. The molecule has 3 heterocycles. The van der Waals surface area contributed by atoms with Gasteiger partial charge in [0.15, 0.2) is 5.16 Å². The number of amides is 1. The second-order valence-electron chi connectivity index (χ2n) is 6.61. The number of nitrogens with one attached hydrogen (secondary N) is 1. The number of hydrogen-bond donors (Lipinski definition) is 1. The standard InChI is InChI=1S/C20H16N4O4S3/c1-11-13(5-3-6-14(11)24(27)28)21-16(25)10-31-20-22-18-17(19(26)23(20)2)12(9-30-18)15-7-4-8-29-15/h3-9H,10H2,1-2H3,(H,21,25). The fourth-order valence-corrected chi connectivity index (χ4v) is 5.64. The van der Waals surface area contributed by atoms with E-state index in [1.165, 1.54) is 28.0 Å². The Hall–Kier alpha value is -3.02. The summed E-state index contributed by atoms with van der Waals surface area (Å²) in [6.07, 6.45) is 0. The van der Waals surface area contributed by atoms with Gasteiger partial charge in [-0.25, -0.2) is 4.98 Å². The van der Waals surface area contributed by atoms with Crippen LogP contribution in [0.5, 0.6) is 0 Å². The Morgan fingerprint density at radius 1 is 1.29 bits per heavy atom. The Balaban J connectivity index is 1.54. The SMILES string of the molecule is Cc1c(NC(=O)CSc2nc3scc(-c4cccs4)c3c(=O)n2C)cccc1[N+](=O)[O-]. The van der Waals surface area contributed by atoms with Crippen LogP contribution in [-0.2, 0) is 11.8 Å². The highest BCUT2D eigenvalue weighted by molar-refractivity contribution is 7.99. The Bertz CT molecular complexity index is 1360. The van der Waals surface area contributed by atoms with Gasteiger partial charge < -0.3 is 5.32 Å². The van der Waals surface area contributed by atoms with Gasteiger partial charge in [-0.2, -0.15) is 0 Å². The van der Waals surface area contributed by atoms with Crippen LogP contribution in [-0.4, -0.2) is 26.1 Å². The third-order valence-corrected chi connectivity index (χ3v) is 7.47. The van der Waals surface area contributed by atoms with E-state index in [-0.39, 0.29) is 22.9 Å². The highest BCUT2D eigenvalue weighted by Crippen LogP contribution is 2.34. The first kappa shape index (κ1) is 21.2. The fraction of sp³-hybridized carbons (Fsp3) is 0.150. The molecule has 0 aliphatic rings. The number of anilines is 1. The van der Waals surface area contributed by atoms with Gasteiger partial charge in [-0.05, 0) is 24.4 Å². The predicted molar refractivity (Wildman–Crippen MR) is 125 cm³/mol. The number of nitrogens with zero attached hydrogens (tertiary/aromatic N) is 3. The zero-order valence-corrected chi connectivity index (χ0v) is 18.9. The maximum absolute atomic E-state index is 13.0. The first-order chi connectivity index (χ1) is 14.9. The van der Waals surface area contributed by atoms with Gasteiger partial charge in [-0.15, -0.1) is 22.7 Å². The number of aromatic nitrogens is 2. The maximum Gasteiger partial charge on any atom is 0.274 e. The second kappa shape index (κ2) is 8.61. The number of carbonyl (C=O) groups is 1. The minimum atomic E-state index is -0.486. The molecule has 1 amide bonds. The first-order valence-electron chi connectivity index (χ1n) is 9.05. The van der Waals surface area contributed by atoms with Gasteiger partial charge in [0.2, 0.25) is 5.91 Å². The van der Waals surface area contributed by atoms with Gasteiger partial charge in [0.05, 0.1) is 27.3 Å². The fourth-order valence-electron chi connectivity index (χ4n) is 3.07. The van der Waals surface area contributed by atoms with Gasteiger partial charge in [0, 0.05) is 28.9 Å². The molecule has 0 aliphatic carbocycles. The zero-order chi connectivity index (χ0) is 22.1. The highest BCUT2D eigenvalue weighted by Gasteiger charge is 2.18. The molecule has 3 aromatic heterocycles. The van der Waals surface area contributed by atoms with Crippen molar-refractivity contribution >= 4 is 61.9 Å². The molecule has 0 spiro atoms. The molecule has 8 nitrogen and oxygen atoms in total. The molecule has 0 atom stereocenters. The Kier molecular flexibility index (Phi) is 5.90. The zero-order valence-electron chi connectivity index (χ0n) is 16.4. The molecule has 0 saturated heterocycles. The molecule has 0 aliphatic heterocycles. The summed E-state index contributed by atoms with van der Waals surface area (Å²) in [7, 11) is 1.63. The summed E-state index contributed by atoms with van der Waals surface area (Å²) in [5.41, 5.74) is 1.43. The number of nitro benzene ring substituents is 1. The van der Waals surface area contributed by atoms with Crippen LogP contribution in [0.25, 0.3) is 20.7 Å². The van der Waals surface area contributed by atoms with E-state index in [1.54, 1.807) is 31.4 Å². The lowest BCUT2D eigenvalue weighted by Gasteiger charge is -2.10. The number of hydrogen-bond acceptors (Lipinski definition) is 8. The molecule has 4 aromatic rings. The summed E-state index contributed by atoms with van der Waals surface area (Å²) >= 11 is 4.10. The van der Waals surface area contributed by atoms with Gasteiger partial charge in [0.1, 0.15) is 4.83 Å². The van der Waals surface area contributed by atoms with E-state index < -0.39 is 4.92 Å². The number of benzene rings is 1. The second-order valence-corrected chi connectivity index (χ2v) is 9.36. The third kappa shape index (κ3) is 4.11. The van der Waals surface area contributed by atoms with Gasteiger partial charge >= 0.3 is 0 Å². The maximum atomic E-state index is 13.0. The van der Waals surface area contributed by atoms with Crippen molar-refractivity contribution in [1.82, 2.24) is 9.55 Å². The van der Waals surface area contributed by atoms with Crippen molar-refractivity contribution in [3.8, 4) is 10.4 Å². The summed E-state index contributed by atoms with van der Waals surface area (Å²) in [6, 6.07) is 8.43. The van der Waals surface area contributed by atoms with Crippen LogP contribution < -0.4 is 10.9 Å². The van der Waals surface area contributed by atoms with Crippen LogP contribution in [0.15, 0.2) is 51.0 Å². The lowest BCUT2D eigenvalue weighted by molar-refractivity contribution is -0.385. The van der Waals surface area contributed by atoms with Crippen molar-refractivity contribution in [2.24, 2.45) is 7.05 Å². The first-order valence-corrected chi connectivity index (χ1v) is 11.8. The average molecular weight is 473 g/mol. The molecule has 0 fully saturated rings. The van der Waals surface area contributed by atoms with Crippen LogP contribution in [0.2, 0.25) is 0 Å². The van der Waals surface area contributed by atoms with Crippen LogP contribution in [0.3, 0.4) is 0 Å². The molecule has 158 valence electrons. The van der Waals surface area contributed by atoms with Crippen LogP contribution in [0.4, 0.5) is 11.4 Å². The highest BCUT2D eigenvalue weighted by atomic mass is 32.2. The molecule has 0 bridgehead atoms. The molecule has 31 heavy (non-hydrogen) atoms. The van der Waals surface area contributed by atoms with E-state index in [9.17, 15) is 19.7 Å². The largest absolute Gasteiger partial charge is 0.325 e. The molecule has 1 N–H and O–H groups in total. The molecule has 4 rings (SSSR count). The topological polar surface area (TPSA) is 107 Å². The Labute approximate surface area is 188 Å². The number of rotatable bonds is 6. The smallest absolute Gasteiger partial charge is 0.274 e. The van der Waals surface area contributed by atoms with Gasteiger partial charge in [-0.3, -0.25) is 24.3 Å². The van der Waals surface area contributed by atoms with Crippen molar-refractivity contribution in [2.75, 3.05) is 11.1 Å². The van der Waals surface area contributed by atoms with Crippen molar-refractivity contribution in [2.45, 2.75) is 12.1 Å². The minimum Gasteiger partial charge on any atom is -0.325 e. The monoisotopic (exact) mass is 472 g/mol. The van der Waals surface area contributed by atoms with Crippen LogP contribution in [0.1, 0.15) is 5.56 Å². The van der Waals surface area contributed by atoms with E-state index >= 15 is 0 Å². The van der Waals surface area contributed by atoms with E-state index in [0.717, 1.165) is 22.2 Å². The summed E-state index contributed by atoms with van der Waals surface area (Å²) in [6.45, 7) is 1.59. The van der Waals surface area contributed by atoms with Gasteiger partial charge in [0.25, 0.3) is 11.2 Å². The van der Waals surface area contributed by atoms with E-state index in [2.05, 4.69) is 10.3 Å². The summed E-state index contributed by atoms with van der Waals surface area (Å²) in [5.74, 6) is -0.328. The average Bonchev–Trinajstić information content (AvgIpc) is 3.40. The lowest BCUT2D eigenvalue weighted by Crippen LogP contribution is -2.21. The van der Waals surface area contributed by atoms with Crippen molar-refractivity contribution < 1.29 is 9.72 Å². The summed E-state index contributed by atoms with van der Waals surface area (Å²) in [4.78, 5) is 42.2. The number of thioether (sulfide) groups is 1. The molecule has 0 unspecified atom stereocenters. The van der Waals surface area contributed by atoms with Crippen molar-refractivity contribution in [3.63, 3.8) is 0 Å². The lowest BCUT2D eigenvalue weighted by atomic mass is 10.1. The minimum absolute atomic E-state index is 0.0110. The van der Waals surface area contributed by atoms with E-state index in [0.29, 0.717) is 26.6 Å². The number of thiophene rings is 2. The quantitative estimate of drug-likeness (QED) is 0.189. The number of carbonyl (C=O) groups excluding carboxylic acids is 1. The summed E-state index contributed by atoms with van der Waals surface area (Å²) in [5, 5.41) is 18.7. The third-order valence-electron chi connectivity index (χ3n) is 4.67. The van der Waals surface area contributed by atoms with Crippen LogP contribution in [0, 0.1) is 17.0 Å². The van der Waals surface area contributed by atoms with Gasteiger partial charge in [-0.1, -0.05) is 23.9 Å². The molecule has 0 saturated carbocycles. The molecule has 0 radical (unpaired) electrons. The Morgan fingerprint density at radius 2 is 2.10 bits per heavy atom.